The molecule has 0 saturated heterocycles. The van der Waals surface area contributed by atoms with E-state index in [2.05, 4.69) is 17.5 Å². The number of hydrogen-bond acceptors (Lipinski definition) is 3. The van der Waals surface area contributed by atoms with Crippen molar-refractivity contribution >= 4 is 5.91 Å². The molecule has 0 bridgehead atoms. The molecule has 0 unspecified atom stereocenters. The minimum absolute atomic E-state index is 0.115. The molecule has 174 valence electrons. The fourth-order valence-electron chi connectivity index (χ4n) is 6.09. The molecule has 1 amide bonds. The molecule has 0 aliphatic heterocycles. The van der Waals surface area contributed by atoms with Crippen LogP contribution in [-0.2, 0) is 11.3 Å². The Morgan fingerprint density at radius 2 is 1.94 bits per heavy atom. The van der Waals surface area contributed by atoms with Crippen molar-refractivity contribution < 1.29 is 15.0 Å². The maximum Gasteiger partial charge on any atom is 0.220 e. The van der Waals surface area contributed by atoms with Gasteiger partial charge in [-0.2, -0.15) is 0 Å². The summed E-state index contributed by atoms with van der Waals surface area (Å²) in [6.45, 7) is 0.594. The van der Waals surface area contributed by atoms with Crippen molar-refractivity contribution in [1.82, 2.24) is 5.32 Å². The molecule has 0 radical (unpaired) electrons. The third kappa shape index (κ3) is 6.11. The predicted octanol–water partition coefficient (Wildman–Crippen LogP) is 4.91. The van der Waals surface area contributed by atoms with Gasteiger partial charge in [-0.25, -0.2) is 0 Å². The Hall–Kier alpha value is -1.91. The minimum Gasteiger partial charge on any atom is -0.392 e. The van der Waals surface area contributed by atoms with Crippen LogP contribution in [-0.4, -0.2) is 28.3 Å². The number of benzene rings is 1. The van der Waals surface area contributed by atoms with Gasteiger partial charge in [-0.15, -0.1) is 0 Å². The molecule has 3 saturated carbocycles. The number of aliphatic hydroxyl groups is 2. The summed E-state index contributed by atoms with van der Waals surface area (Å²) in [5.41, 5.74) is 2.62. The molecule has 3 fully saturated rings. The predicted molar refractivity (Wildman–Crippen MR) is 128 cm³/mol. The molecular weight excluding hydrogens is 398 g/mol. The van der Waals surface area contributed by atoms with Crippen molar-refractivity contribution in [3.05, 3.63) is 59.7 Å². The van der Waals surface area contributed by atoms with Crippen molar-refractivity contribution in [2.24, 2.45) is 23.7 Å². The van der Waals surface area contributed by atoms with Gasteiger partial charge >= 0.3 is 0 Å². The van der Waals surface area contributed by atoms with Gasteiger partial charge in [0, 0.05) is 18.9 Å². The van der Waals surface area contributed by atoms with Crippen molar-refractivity contribution in [2.45, 2.75) is 83.0 Å². The van der Waals surface area contributed by atoms with Gasteiger partial charge in [-0.3, -0.25) is 4.79 Å². The highest BCUT2D eigenvalue weighted by Gasteiger charge is 2.45. The zero-order valence-electron chi connectivity index (χ0n) is 19.2. The fourth-order valence-corrected chi connectivity index (χ4v) is 6.09. The van der Waals surface area contributed by atoms with E-state index in [0.29, 0.717) is 30.7 Å². The Bertz CT molecular complexity index is 796. The number of allylic oxidation sites excluding steroid dienone is 2. The van der Waals surface area contributed by atoms with Gasteiger partial charge in [0.05, 0.1) is 12.2 Å². The van der Waals surface area contributed by atoms with Gasteiger partial charge in [0.15, 0.2) is 0 Å². The van der Waals surface area contributed by atoms with E-state index in [1.54, 1.807) is 0 Å². The molecule has 4 nitrogen and oxygen atoms in total. The van der Waals surface area contributed by atoms with E-state index in [-0.39, 0.29) is 24.0 Å². The van der Waals surface area contributed by atoms with Gasteiger partial charge < -0.3 is 15.5 Å². The summed E-state index contributed by atoms with van der Waals surface area (Å²) in [6.07, 6.45) is 15.9. The number of unbranched alkanes of at least 4 members (excludes halogenated alkanes) is 1. The number of hydrogen-bond donors (Lipinski definition) is 3. The lowest BCUT2D eigenvalue weighted by Crippen LogP contribution is -2.22. The summed E-state index contributed by atoms with van der Waals surface area (Å²) in [7, 11) is 0. The second kappa shape index (κ2) is 11.3. The Labute approximate surface area is 192 Å². The Morgan fingerprint density at radius 3 is 2.72 bits per heavy atom. The number of aliphatic hydroxyl groups excluding tert-OH is 2. The van der Waals surface area contributed by atoms with Crippen LogP contribution in [0.3, 0.4) is 0 Å². The first-order valence-electron chi connectivity index (χ1n) is 12.6. The number of carbonyl (C=O) groups is 1. The number of carbonyl (C=O) groups excluding carboxylic acids is 1. The number of nitrogens with one attached hydrogen (secondary N) is 1. The Kier molecular flexibility index (Phi) is 8.20. The lowest BCUT2D eigenvalue weighted by Gasteiger charge is -2.19. The van der Waals surface area contributed by atoms with Crippen LogP contribution in [0.1, 0.15) is 69.8 Å². The maximum absolute atomic E-state index is 12.1. The highest BCUT2D eigenvalue weighted by Crippen LogP contribution is 2.50. The summed E-state index contributed by atoms with van der Waals surface area (Å²) in [6, 6.07) is 10.0. The van der Waals surface area contributed by atoms with E-state index in [4.69, 9.17) is 0 Å². The zero-order valence-corrected chi connectivity index (χ0v) is 19.2. The highest BCUT2D eigenvalue weighted by atomic mass is 16.3. The summed E-state index contributed by atoms with van der Waals surface area (Å²) in [5.74, 6) is 1.75. The second-order valence-electron chi connectivity index (χ2n) is 10.1. The molecule has 0 heterocycles. The topological polar surface area (TPSA) is 69.6 Å². The van der Waals surface area contributed by atoms with Crippen LogP contribution in [0.2, 0.25) is 0 Å². The van der Waals surface area contributed by atoms with E-state index in [0.717, 1.165) is 50.5 Å². The number of fused-ring (bicyclic) bond motifs is 1. The van der Waals surface area contributed by atoms with Crippen molar-refractivity contribution in [1.29, 1.82) is 0 Å². The third-order valence-electron chi connectivity index (χ3n) is 7.90. The lowest BCUT2D eigenvalue weighted by molar-refractivity contribution is -0.121. The minimum atomic E-state index is -0.354. The third-order valence-corrected chi connectivity index (χ3v) is 7.90. The molecule has 0 spiro atoms. The van der Waals surface area contributed by atoms with Crippen LogP contribution < -0.4 is 5.32 Å². The van der Waals surface area contributed by atoms with Crippen molar-refractivity contribution in [2.75, 3.05) is 0 Å². The van der Waals surface area contributed by atoms with Crippen LogP contribution in [0.4, 0.5) is 0 Å². The van der Waals surface area contributed by atoms with Gasteiger partial charge in [0.25, 0.3) is 0 Å². The molecule has 3 aliphatic rings. The van der Waals surface area contributed by atoms with Crippen molar-refractivity contribution in [3.8, 4) is 0 Å². The van der Waals surface area contributed by atoms with E-state index in [9.17, 15) is 15.0 Å². The molecule has 0 aromatic heterocycles. The van der Waals surface area contributed by atoms with Crippen LogP contribution in [0, 0.1) is 23.7 Å². The fraction of sp³-hybridized carbons (Fsp3) is 0.607. The average Bonchev–Trinajstić information content (AvgIpc) is 3.52. The van der Waals surface area contributed by atoms with E-state index in [1.807, 2.05) is 36.4 Å². The van der Waals surface area contributed by atoms with Gasteiger partial charge in [-0.1, -0.05) is 67.0 Å². The van der Waals surface area contributed by atoms with Crippen LogP contribution >= 0.6 is 0 Å². The normalized spacial score (nSPS) is 30.2. The van der Waals surface area contributed by atoms with Crippen LogP contribution in [0.5, 0.6) is 0 Å². The van der Waals surface area contributed by atoms with Gasteiger partial charge in [0.2, 0.25) is 5.91 Å². The van der Waals surface area contributed by atoms with Crippen LogP contribution in [0.15, 0.2) is 54.1 Å². The Morgan fingerprint density at radius 1 is 1.16 bits per heavy atom. The first-order chi connectivity index (χ1) is 15.6. The zero-order chi connectivity index (χ0) is 22.3. The first-order valence-corrected chi connectivity index (χ1v) is 12.6. The lowest BCUT2D eigenvalue weighted by atomic mass is 9.89. The van der Waals surface area contributed by atoms with Crippen molar-refractivity contribution in [3.63, 3.8) is 0 Å². The first kappa shape index (κ1) is 23.3. The van der Waals surface area contributed by atoms with Crippen LogP contribution in [0.25, 0.3) is 0 Å². The monoisotopic (exact) mass is 437 g/mol. The molecule has 1 aromatic carbocycles. The molecule has 3 N–H and O–H groups in total. The molecule has 32 heavy (non-hydrogen) atoms. The average molecular weight is 438 g/mol. The molecule has 5 atom stereocenters. The standard InChI is InChI=1S/C28H39NO3/c30-26(22-11-5-6-12-22)15-14-24-25-17-21(16-23(25)18-27(24)31)10-4-7-13-28(32)29-19-20-8-2-1-3-9-20/h1-3,8-10,14-15,22-27,30-31H,4-7,11-13,16-19H2,(H,29,32)/b15-14+,21-10+/t23-,24+,25-,26+,27+/m0/s1. The Balaban J connectivity index is 1.19. The smallest absolute Gasteiger partial charge is 0.220 e. The molecule has 1 aromatic rings. The van der Waals surface area contributed by atoms with E-state index >= 15 is 0 Å². The van der Waals surface area contributed by atoms with Gasteiger partial charge in [-0.05, 0) is 68.3 Å². The summed E-state index contributed by atoms with van der Waals surface area (Å²) in [5, 5.41) is 24.0. The highest BCUT2D eigenvalue weighted by molar-refractivity contribution is 5.75. The number of amides is 1. The summed E-state index contributed by atoms with van der Waals surface area (Å²) in [4.78, 5) is 12.1. The largest absolute Gasteiger partial charge is 0.392 e. The molecule has 4 rings (SSSR count). The van der Waals surface area contributed by atoms with E-state index < -0.39 is 0 Å². The molecule has 3 aliphatic carbocycles. The van der Waals surface area contributed by atoms with E-state index in [1.165, 1.54) is 18.4 Å². The number of rotatable bonds is 9. The molecule has 4 heteroatoms. The summed E-state index contributed by atoms with van der Waals surface area (Å²) < 4.78 is 0. The maximum atomic E-state index is 12.1. The SMILES string of the molecule is O=C(CCC/C=C1\C[C@H]2C[C@@H](O)[C@H](/C=C/[C@@H](O)C3CCCC3)[C@H]2C1)NCc1ccccc1. The summed E-state index contributed by atoms with van der Waals surface area (Å²) >= 11 is 0. The van der Waals surface area contributed by atoms with Gasteiger partial charge in [0.1, 0.15) is 0 Å². The quantitative estimate of drug-likeness (QED) is 0.380. The second-order valence-corrected chi connectivity index (χ2v) is 10.1. The molecular formula is C28H39NO3.